The number of piperidine rings is 1. The number of hydrogen-bond acceptors (Lipinski definition) is 2. The summed E-state index contributed by atoms with van der Waals surface area (Å²) >= 11 is 5.63. The van der Waals surface area contributed by atoms with Gasteiger partial charge in [-0.05, 0) is 56.7 Å². The Kier molecular flexibility index (Phi) is 5.49. The van der Waals surface area contributed by atoms with Crippen LogP contribution in [0.1, 0.15) is 56.9 Å². The zero-order valence-electron chi connectivity index (χ0n) is 15.6. The molecule has 3 fully saturated rings. The van der Waals surface area contributed by atoms with Crippen molar-refractivity contribution in [2.45, 2.75) is 81.7 Å². The summed E-state index contributed by atoms with van der Waals surface area (Å²) in [6, 6.07) is 4.72. The van der Waals surface area contributed by atoms with Crippen LogP contribution in [0.4, 0.5) is 23.7 Å². The number of halogens is 4. The fourth-order valence-electron chi connectivity index (χ4n) is 5.30. The summed E-state index contributed by atoms with van der Waals surface area (Å²) in [6.07, 6.45) is 4.80. The number of benzene rings is 1. The van der Waals surface area contributed by atoms with Gasteiger partial charge in [-0.15, -0.1) is 0 Å². The number of carbonyl (C=O) groups excluding carboxylic acids is 1. The molecule has 0 unspecified atom stereocenters. The van der Waals surface area contributed by atoms with Crippen molar-refractivity contribution in [3.8, 4) is 0 Å². The Bertz CT molecular complexity index is 722. The van der Waals surface area contributed by atoms with E-state index in [-0.39, 0.29) is 16.8 Å². The highest BCUT2D eigenvalue weighted by molar-refractivity contribution is 6.31. The molecule has 8 heteroatoms. The maximum absolute atomic E-state index is 13.0. The third-order valence-corrected chi connectivity index (χ3v) is 6.73. The maximum atomic E-state index is 13.0. The van der Waals surface area contributed by atoms with Gasteiger partial charge >= 0.3 is 12.2 Å². The van der Waals surface area contributed by atoms with Crippen LogP contribution in [0, 0.1) is 0 Å². The van der Waals surface area contributed by atoms with Crippen LogP contribution in [0.5, 0.6) is 0 Å². The van der Waals surface area contributed by atoms with Gasteiger partial charge in [0.1, 0.15) is 0 Å². The Morgan fingerprint density at radius 1 is 1.04 bits per heavy atom. The number of alkyl halides is 3. The van der Waals surface area contributed by atoms with Crippen molar-refractivity contribution in [3.63, 3.8) is 0 Å². The predicted octanol–water partition coefficient (Wildman–Crippen LogP) is 5.42. The van der Waals surface area contributed by atoms with Gasteiger partial charge in [-0.25, -0.2) is 4.79 Å². The summed E-state index contributed by atoms with van der Waals surface area (Å²) in [4.78, 5) is 15.0. The molecule has 0 radical (unpaired) electrons. The lowest BCUT2D eigenvalue weighted by molar-refractivity contribution is -0.137. The largest absolute Gasteiger partial charge is 0.417 e. The molecule has 1 aromatic carbocycles. The lowest BCUT2D eigenvalue weighted by Crippen LogP contribution is -2.53. The molecule has 0 spiro atoms. The van der Waals surface area contributed by atoms with Crippen LogP contribution < -0.4 is 10.6 Å². The molecule has 28 heavy (non-hydrogen) atoms. The van der Waals surface area contributed by atoms with Crippen molar-refractivity contribution in [2.75, 3.05) is 5.32 Å². The van der Waals surface area contributed by atoms with Gasteiger partial charge in [0, 0.05) is 29.9 Å². The topological polar surface area (TPSA) is 44.4 Å². The average Bonchev–Trinajstić information content (AvgIpc) is 3.21. The number of nitrogens with one attached hydrogen (secondary N) is 2. The summed E-state index contributed by atoms with van der Waals surface area (Å²) < 4.78 is 38.9. The van der Waals surface area contributed by atoms with E-state index in [1.807, 2.05) is 0 Å². The molecule has 2 atom stereocenters. The highest BCUT2D eigenvalue weighted by Crippen LogP contribution is 2.41. The standard InChI is InChI=1S/C20H25ClF3N3O/c21-18-8-5-12(11-17(18)20(22,23)24)25-19(28)26-13-9-15-6-7-16(10-13)27(15)14-3-1-2-4-14/h5,8,11,13-16H,1-4,6-7,9-10H2,(H2,25,26,28)/t15-,16-/m0/s1. The van der Waals surface area contributed by atoms with Gasteiger partial charge in [0.15, 0.2) is 0 Å². The minimum absolute atomic E-state index is 0.0598. The first kappa shape index (κ1) is 19.8. The minimum Gasteiger partial charge on any atom is -0.335 e. The third-order valence-electron chi connectivity index (χ3n) is 6.40. The van der Waals surface area contributed by atoms with Gasteiger partial charge in [-0.1, -0.05) is 24.4 Å². The van der Waals surface area contributed by atoms with Gasteiger partial charge in [-0.2, -0.15) is 13.2 Å². The molecule has 2 saturated heterocycles. The van der Waals surface area contributed by atoms with Crippen LogP contribution in [0.3, 0.4) is 0 Å². The van der Waals surface area contributed by atoms with Gasteiger partial charge in [0.05, 0.1) is 10.6 Å². The molecule has 4 rings (SSSR count). The summed E-state index contributed by atoms with van der Waals surface area (Å²) in [5, 5.41) is 5.10. The van der Waals surface area contributed by atoms with Gasteiger partial charge < -0.3 is 10.6 Å². The lowest BCUT2D eigenvalue weighted by Gasteiger charge is -2.42. The average molecular weight is 416 g/mol. The van der Waals surface area contributed by atoms with Crippen LogP contribution in [-0.4, -0.2) is 35.1 Å². The SMILES string of the molecule is O=C(Nc1ccc(Cl)c(C(F)(F)F)c1)NC1C[C@@H]2CC[C@@H](C1)N2C1CCCC1. The van der Waals surface area contributed by atoms with Crippen LogP contribution in [-0.2, 0) is 6.18 Å². The second-order valence-electron chi connectivity index (χ2n) is 8.23. The van der Waals surface area contributed by atoms with Crippen molar-refractivity contribution in [1.29, 1.82) is 0 Å². The number of urea groups is 1. The zero-order chi connectivity index (χ0) is 19.9. The summed E-state index contributed by atoms with van der Waals surface area (Å²) in [5.41, 5.74) is -0.865. The fourth-order valence-corrected chi connectivity index (χ4v) is 5.53. The van der Waals surface area contributed by atoms with Crippen molar-refractivity contribution in [1.82, 2.24) is 10.2 Å². The van der Waals surface area contributed by atoms with E-state index in [1.54, 1.807) is 0 Å². The molecular weight excluding hydrogens is 391 g/mol. The Morgan fingerprint density at radius 2 is 1.68 bits per heavy atom. The first-order chi connectivity index (χ1) is 13.3. The monoisotopic (exact) mass is 415 g/mol. The van der Waals surface area contributed by atoms with Crippen LogP contribution in [0.25, 0.3) is 0 Å². The third kappa shape index (κ3) is 4.10. The minimum atomic E-state index is -4.56. The highest BCUT2D eigenvalue weighted by Gasteiger charge is 2.44. The van der Waals surface area contributed by atoms with E-state index in [9.17, 15) is 18.0 Å². The summed E-state index contributed by atoms with van der Waals surface area (Å²) in [5.74, 6) is 0. The van der Waals surface area contributed by atoms with E-state index in [0.29, 0.717) is 18.1 Å². The lowest BCUT2D eigenvalue weighted by atomic mass is 9.95. The second kappa shape index (κ2) is 7.75. The number of rotatable bonds is 3. The molecule has 2 N–H and O–H groups in total. The second-order valence-corrected chi connectivity index (χ2v) is 8.64. The number of fused-ring (bicyclic) bond motifs is 2. The molecule has 1 aromatic rings. The predicted molar refractivity (Wildman–Crippen MR) is 103 cm³/mol. The van der Waals surface area contributed by atoms with Crippen LogP contribution >= 0.6 is 11.6 Å². The maximum Gasteiger partial charge on any atom is 0.417 e. The summed E-state index contributed by atoms with van der Waals surface area (Å²) in [7, 11) is 0. The Balaban J connectivity index is 1.35. The van der Waals surface area contributed by atoms with E-state index in [0.717, 1.165) is 25.0 Å². The van der Waals surface area contributed by atoms with E-state index in [4.69, 9.17) is 11.6 Å². The normalized spacial score (nSPS) is 28.5. The van der Waals surface area contributed by atoms with Crippen molar-refractivity contribution in [3.05, 3.63) is 28.8 Å². The molecule has 154 valence electrons. The van der Waals surface area contributed by atoms with Crippen molar-refractivity contribution < 1.29 is 18.0 Å². The van der Waals surface area contributed by atoms with Gasteiger partial charge in [0.2, 0.25) is 0 Å². The molecule has 2 bridgehead atoms. The quantitative estimate of drug-likeness (QED) is 0.692. The Hall–Kier alpha value is -1.47. The van der Waals surface area contributed by atoms with Crippen molar-refractivity contribution >= 4 is 23.3 Å². The number of hydrogen-bond donors (Lipinski definition) is 2. The molecule has 4 nitrogen and oxygen atoms in total. The molecule has 0 aromatic heterocycles. The number of nitrogens with zero attached hydrogens (tertiary/aromatic N) is 1. The zero-order valence-corrected chi connectivity index (χ0v) is 16.3. The number of anilines is 1. The summed E-state index contributed by atoms with van der Waals surface area (Å²) in [6.45, 7) is 0. The van der Waals surface area contributed by atoms with Gasteiger partial charge in [-0.3, -0.25) is 4.90 Å². The first-order valence-electron chi connectivity index (χ1n) is 10.0. The molecule has 1 aliphatic carbocycles. The Labute approximate surface area is 167 Å². The molecule has 2 heterocycles. The van der Waals surface area contributed by atoms with Crippen LogP contribution in [0.2, 0.25) is 5.02 Å². The number of carbonyl (C=O) groups is 1. The molecule has 2 aliphatic heterocycles. The highest BCUT2D eigenvalue weighted by atomic mass is 35.5. The van der Waals surface area contributed by atoms with Gasteiger partial charge in [0.25, 0.3) is 0 Å². The van der Waals surface area contributed by atoms with Crippen LogP contribution in [0.15, 0.2) is 18.2 Å². The van der Waals surface area contributed by atoms with E-state index in [2.05, 4.69) is 15.5 Å². The van der Waals surface area contributed by atoms with E-state index in [1.165, 1.54) is 44.6 Å². The van der Waals surface area contributed by atoms with E-state index < -0.39 is 17.8 Å². The molecule has 3 aliphatic rings. The van der Waals surface area contributed by atoms with Crippen molar-refractivity contribution in [2.24, 2.45) is 0 Å². The Morgan fingerprint density at radius 3 is 2.29 bits per heavy atom. The first-order valence-corrected chi connectivity index (χ1v) is 10.4. The molecule has 1 saturated carbocycles. The molecular formula is C20H25ClF3N3O. The fraction of sp³-hybridized carbons (Fsp3) is 0.650. The smallest absolute Gasteiger partial charge is 0.335 e. The molecule has 2 amide bonds. The van der Waals surface area contributed by atoms with E-state index >= 15 is 0 Å². The number of amides is 2.